The van der Waals surface area contributed by atoms with Crippen LogP contribution in [0.3, 0.4) is 0 Å². The minimum Gasteiger partial charge on any atom is -0.294 e. The predicted molar refractivity (Wildman–Crippen MR) is 86.9 cm³/mol. The monoisotopic (exact) mass is 323 g/mol. The van der Waals surface area contributed by atoms with Gasteiger partial charge in [-0.2, -0.15) is 5.06 Å². The van der Waals surface area contributed by atoms with Crippen LogP contribution in [0.15, 0.2) is 30.3 Å². The summed E-state index contributed by atoms with van der Waals surface area (Å²) in [5, 5.41) is 1.59. The molecular weight excluding hydrogens is 298 g/mol. The van der Waals surface area contributed by atoms with Gasteiger partial charge in [0.25, 0.3) is 0 Å². The van der Waals surface area contributed by atoms with Crippen LogP contribution in [0.1, 0.15) is 38.7 Å². The van der Waals surface area contributed by atoms with Crippen LogP contribution in [0.2, 0.25) is 0 Å². The lowest BCUT2D eigenvalue weighted by atomic mass is 9.96. The highest BCUT2D eigenvalue weighted by Gasteiger charge is 2.57. The Morgan fingerprint density at radius 2 is 2.00 bits per heavy atom. The molecule has 0 radical (unpaired) electrons. The smallest absolute Gasteiger partial charge is 0.157 e. The van der Waals surface area contributed by atoms with E-state index in [1.165, 1.54) is 0 Å². The molecule has 2 heterocycles. The quantitative estimate of drug-likeness (QED) is 0.836. The Hall–Kier alpha value is -0.910. The molecule has 2 fully saturated rings. The maximum absolute atomic E-state index is 12.5. The van der Waals surface area contributed by atoms with E-state index >= 15 is 0 Å². The number of sulfone groups is 1. The van der Waals surface area contributed by atoms with Gasteiger partial charge in [0.2, 0.25) is 0 Å². The number of fused-ring (bicyclic) bond motifs is 1. The van der Waals surface area contributed by atoms with Crippen LogP contribution in [-0.4, -0.2) is 36.6 Å². The van der Waals surface area contributed by atoms with Crippen molar-refractivity contribution in [3.05, 3.63) is 35.9 Å². The van der Waals surface area contributed by atoms with Crippen LogP contribution < -0.4 is 0 Å². The molecule has 3 rings (SSSR count). The summed E-state index contributed by atoms with van der Waals surface area (Å²) in [4.78, 5) is 6.09. The van der Waals surface area contributed by atoms with Gasteiger partial charge in [-0.05, 0) is 17.9 Å². The first-order chi connectivity index (χ1) is 10.5. The van der Waals surface area contributed by atoms with Crippen molar-refractivity contribution in [2.24, 2.45) is 5.92 Å². The molecule has 5 heteroatoms. The third-order valence-electron chi connectivity index (χ3n) is 4.82. The van der Waals surface area contributed by atoms with E-state index in [9.17, 15) is 8.42 Å². The summed E-state index contributed by atoms with van der Waals surface area (Å²) in [5.41, 5.74) is 1.16. The normalized spacial score (nSPS) is 33.9. The molecule has 122 valence electrons. The lowest BCUT2D eigenvalue weighted by Crippen LogP contribution is -2.37. The van der Waals surface area contributed by atoms with Crippen LogP contribution >= 0.6 is 0 Å². The van der Waals surface area contributed by atoms with E-state index in [2.05, 4.69) is 19.1 Å². The Morgan fingerprint density at radius 3 is 2.68 bits per heavy atom. The fourth-order valence-electron chi connectivity index (χ4n) is 3.84. The standard InChI is InChI=1S/C17H25NO3S/c1-3-4-10-15-17-16(13(2)12-22(17,19)20)18(21-15)11-14-8-6-5-7-9-14/h5-9,13,15-17H,3-4,10-12H2,1-2H3/t13-,15-,16+,17+/m1/s1. The predicted octanol–water partition coefficient (Wildman–Crippen LogP) is 2.79. The zero-order valence-corrected chi connectivity index (χ0v) is 14.1. The molecule has 0 aromatic heterocycles. The molecule has 1 aromatic rings. The van der Waals surface area contributed by atoms with Gasteiger partial charge in [0, 0.05) is 6.54 Å². The highest BCUT2D eigenvalue weighted by molar-refractivity contribution is 7.92. The average molecular weight is 323 g/mol. The molecular formula is C17H25NO3S. The van der Waals surface area contributed by atoms with E-state index in [0.717, 1.165) is 24.8 Å². The van der Waals surface area contributed by atoms with Gasteiger partial charge in [-0.15, -0.1) is 0 Å². The van der Waals surface area contributed by atoms with Crippen molar-refractivity contribution in [1.29, 1.82) is 0 Å². The van der Waals surface area contributed by atoms with E-state index in [1.807, 2.05) is 30.2 Å². The lowest BCUT2D eigenvalue weighted by Gasteiger charge is -2.24. The van der Waals surface area contributed by atoms with Crippen LogP contribution in [0.4, 0.5) is 0 Å². The zero-order chi connectivity index (χ0) is 15.7. The van der Waals surface area contributed by atoms with Gasteiger partial charge in [-0.25, -0.2) is 8.42 Å². The molecule has 4 nitrogen and oxygen atoms in total. The van der Waals surface area contributed by atoms with E-state index in [4.69, 9.17) is 4.84 Å². The fraction of sp³-hybridized carbons (Fsp3) is 0.647. The molecule has 0 aliphatic carbocycles. The summed E-state index contributed by atoms with van der Waals surface area (Å²) in [5.74, 6) is 0.421. The average Bonchev–Trinajstić information content (AvgIpc) is 2.95. The Bertz CT molecular complexity index is 602. The first-order valence-electron chi connectivity index (χ1n) is 8.22. The summed E-state index contributed by atoms with van der Waals surface area (Å²) in [6.07, 6.45) is 2.72. The van der Waals surface area contributed by atoms with Gasteiger partial charge in [0.1, 0.15) is 5.25 Å². The number of hydrogen-bond donors (Lipinski definition) is 0. The first kappa shape index (κ1) is 16.0. The zero-order valence-electron chi connectivity index (χ0n) is 13.3. The van der Waals surface area contributed by atoms with E-state index < -0.39 is 9.84 Å². The van der Waals surface area contributed by atoms with Crippen molar-refractivity contribution in [3.8, 4) is 0 Å². The molecule has 0 unspecified atom stereocenters. The van der Waals surface area contributed by atoms with Crippen LogP contribution in [0.25, 0.3) is 0 Å². The Labute approximate surface area is 133 Å². The second-order valence-electron chi connectivity index (χ2n) is 6.61. The number of nitrogens with zero attached hydrogens (tertiary/aromatic N) is 1. The topological polar surface area (TPSA) is 46.6 Å². The maximum atomic E-state index is 12.5. The highest BCUT2D eigenvalue weighted by atomic mass is 32.2. The molecule has 0 amide bonds. The number of hydrogen-bond acceptors (Lipinski definition) is 4. The summed E-state index contributed by atoms with van der Waals surface area (Å²) < 4.78 is 25.0. The molecule has 0 spiro atoms. The number of benzene rings is 1. The maximum Gasteiger partial charge on any atom is 0.157 e. The van der Waals surface area contributed by atoms with Crippen molar-refractivity contribution < 1.29 is 13.3 Å². The molecule has 2 aliphatic rings. The summed E-state index contributed by atoms with van der Waals surface area (Å²) in [6, 6.07) is 10.1. The Kier molecular flexibility index (Phi) is 4.57. The van der Waals surface area contributed by atoms with Gasteiger partial charge in [-0.1, -0.05) is 57.0 Å². The van der Waals surface area contributed by atoms with Gasteiger partial charge in [0.05, 0.1) is 17.9 Å². The van der Waals surface area contributed by atoms with Crippen LogP contribution in [-0.2, 0) is 21.2 Å². The lowest BCUT2D eigenvalue weighted by molar-refractivity contribution is -0.176. The van der Waals surface area contributed by atoms with Crippen LogP contribution in [0.5, 0.6) is 0 Å². The summed E-state index contributed by atoms with van der Waals surface area (Å²) in [6.45, 7) is 4.82. The summed E-state index contributed by atoms with van der Waals surface area (Å²) in [7, 11) is -3.04. The largest absolute Gasteiger partial charge is 0.294 e. The van der Waals surface area contributed by atoms with Crippen molar-refractivity contribution in [1.82, 2.24) is 5.06 Å². The van der Waals surface area contributed by atoms with Crippen LogP contribution in [0, 0.1) is 5.92 Å². The van der Waals surface area contributed by atoms with E-state index in [-0.39, 0.29) is 23.3 Å². The van der Waals surface area contributed by atoms with E-state index in [1.54, 1.807) is 0 Å². The highest BCUT2D eigenvalue weighted by Crippen LogP contribution is 2.41. The molecule has 0 N–H and O–H groups in total. The Morgan fingerprint density at radius 1 is 1.27 bits per heavy atom. The van der Waals surface area contributed by atoms with Crippen molar-refractivity contribution >= 4 is 9.84 Å². The molecule has 0 bridgehead atoms. The van der Waals surface area contributed by atoms with Gasteiger partial charge < -0.3 is 0 Å². The van der Waals surface area contributed by atoms with Gasteiger partial charge >= 0.3 is 0 Å². The third-order valence-corrected chi connectivity index (χ3v) is 7.22. The number of unbranched alkanes of at least 4 members (excludes halogenated alkanes) is 1. The van der Waals surface area contributed by atoms with Crippen molar-refractivity contribution in [2.45, 2.75) is 57.1 Å². The molecule has 0 saturated carbocycles. The van der Waals surface area contributed by atoms with E-state index in [0.29, 0.717) is 12.3 Å². The fourth-order valence-corrected chi connectivity index (χ4v) is 6.47. The first-order valence-corrected chi connectivity index (χ1v) is 9.93. The molecule has 1 aromatic carbocycles. The van der Waals surface area contributed by atoms with Crippen molar-refractivity contribution in [3.63, 3.8) is 0 Å². The SMILES string of the molecule is CCCC[C@H]1ON(Cc2ccccc2)[C@@H]2[C@H]1S(=O)(=O)C[C@H]2C. The third kappa shape index (κ3) is 2.94. The molecule has 22 heavy (non-hydrogen) atoms. The van der Waals surface area contributed by atoms with Gasteiger partial charge in [0.15, 0.2) is 9.84 Å². The van der Waals surface area contributed by atoms with Crippen molar-refractivity contribution in [2.75, 3.05) is 5.75 Å². The molecule has 4 atom stereocenters. The number of rotatable bonds is 5. The molecule has 2 aliphatic heterocycles. The number of hydroxylamine groups is 2. The summed E-state index contributed by atoms with van der Waals surface area (Å²) >= 11 is 0. The second kappa shape index (κ2) is 6.30. The molecule has 2 saturated heterocycles. The minimum atomic E-state index is -3.04. The Balaban J connectivity index is 1.83. The van der Waals surface area contributed by atoms with Gasteiger partial charge in [-0.3, -0.25) is 4.84 Å². The minimum absolute atomic E-state index is 0.00735. The second-order valence-corrected chi connectivity index (χ2v) is 8.81.